The van der Waals surface area contributed by atoms with Gasteiger partial charge in [0, 0.05) is 18.0 Å². The third-order valence-electron chi connectivity index (χ3n) is 4.69. The zero-order valence-corrected chi connectivity index (χ0v) is 15.4. The minimum atomic E-state index is -0.432. The molecule has 4 aromatic rings. The number of primary amides is 1. The molecule has 6 heteroatoms. The first-order chi connectivity index (χ1) is 12.5. The molecule has 0 radical (unpaired) electrons. The Morgan fingerprint density at radius 1 is 1.23 bits per heavy atom. The summed E-state index contributed by atoms with van der Waals surface area (Å²) in [6.45, 7) is 2.04. The summed E-state index contributed by atoms with van der Waals surface area (Å²) in [5.41, 5.74) is 15.0. The molecule has 2 N–H and O–H groups in total. The van der Waals surface area contributed by atoms with Crippen molar-refractivity contribution in [2.75, 3.05) is 0 Å². The van der Waals surface area contributed by atoms with E-state index in [0.717, 1.165) is 45.4 Å². The van der Waals surface area contributed by atoms with Gasteiger partial charge in [0.25, 0.3) is 5.91 Å². The number of aromatic nitrogens is 3. The number of nitrogens with two attached hydrogens (primary N) is 1. The highest BCUT2D eigenvalue weighted by molar-refractivity contribution is 7.07. The van der Waals surface area contributed by atoms with Crippen LogP contribution in [0.3, 0.4) is 0 Å². The molecule has 0 spiro atoms. The minimum absolute atomic E-state index is 0.432. The molecule has 2 aromatic carbocycles. The average molecular weight is 362 g/mol. The maximum Gasteiger partial charge on any atom is 0.250 e. The molecule has 0 saturated carbocycles. The van der Waals surface area contributed by atoms with E-state index in [9.17, 15) is 4.79 Å². The summed E-state index contributed by atoms with van der Waals surface area (Å²) in [6.07, 6.45) is 2.44. The quantitative estimate of drug-likeness (QED) is 0.602. The first-order valence-electron chi connectivity index (χ1n) is 8.25. The van der Waals surface area contributed by atoms with Gasteiger partial charge in [-0.25, -0.2) is 9.97 Å². The number of aryl methyl sites for hydroxylation is 2. The summed E-state index contributed by atoms with van der Waals surface area (Å²) in [6, 6.07) is 10.2. The van der Waals surface area contributed by atoms with Crippen molar-refractivity contribution in [1.82, 2.24) is 14.5 Å². The number of rotatable bonds is 4. The van der Waals surface area contributed by atoms with Crippen LogP contribution in [0.2, 0.25) is 0 Å². The normalized spacial score (nSPS) is 11.2. The lowest BCUT2D eigenvalue weighted by Gasteiger charge is -2.11. The number of amides is 1. The van der Waals surface area contributed by atoms with Crippen molar-refractivity contribution >= 4 is 28.3 Å². The van der Waals surface area contributed by atoms with Gasteiger partial charge in [-0.1, -0.05) is 24.3 Å². The molecule has 4 rings (SSSR count). The van der Waals surface area contributed by atoms with Gasteiger partial charge in [-0.05, 0) is 36.1 Å². The highest BCUT2D eigenvalue weighted by Crippen LogP contribution is 2.27. The summed E-state index contributed by atoms with van der Waals surface area (Å²) in [4.78, 5) is 20.7. The number of carbonyl (C=O) groups is 1. The van der Waals surface area contributed by atoms with Gasteiger partial charge >= 0.3 is 0 Å². The molecule has 0 aliphatic rings. The van der Waals surface area contributed by atoms with Crippen LogP contribution in [0.15, 0.2) is 47.5 Å². The first-order valence-corrected chi connectivity index (χ1v) is 9.19. The van der Waals surface area contributed by atoms with E-state index < -0.39 is 5.91 Å². The zero-order chi connectivity index (χ0) is 18.3. The van der Waals surface area contributed by atoms with Crippen molar-refractivity contribution in [2.45, 2.75) is 13.3 Å². The fourth-order valence-electron chi connectivity index (χ4n) is 3.26. The number of thiazole rings is 1. The molecule has 0 saturated heterocycles. The molecule has 130 valence electrons. The molecule has 5 nitrogen and oxygen atoms in total. The van der Waals surface area contributed by atoms with Gasteiger partial charge in [-0.3, -0.25) is 4.79 Å². The van der Waals surface area contributed by atoms with Gasteiger partial charge in [0.05, 0.1) is 34.1 Å². The summed E-state index contributed by atoms with van der Waals surface area (Å²) >= 11 is 1.59. The zero-order valence-electron chi connectivity index (χ0n) is 14.6. The second kappa shape index (κ2) is 6.38. The van der Waals surface area contributed by atoms with E-state index in [1.54, 1.807) is 17.7 Å². The third-order valence-corrected chi connectivity index (χ3v) is 5.28. The van der Waals surface area contributed by atoms with E-state index in [0.29, 0.717) is 5.56 Å². The van der Waals surface area contributed by atoms with E-state index in [-0.39, 0.29) is 0 Å². The monoisotopic (exact) mass is 362 g/mol. The van der Waals surface area contributed by atoms with Gasteiger partial charge in [-0.15, -0.1) is 11.3 Å². The number of benzene rings is 2. The number of fused-ring (bicyclic) bond motifs is 1. The molecule has 0 aliphatic carbocycles. The first kappa shape index (κ1) is 16.5. The molecule has 0 unspecified atom stereocenters. The maximum atomic E-state index is 11.9. The third kappa shape index (κ3) is 2.78. The van der Waals surface area contributed by atoms with E-state index in [1.165, 1.54) is 0 Å². The van der Waals surface area contributed by atoms with Gasteiger partial charge in [-0.2, -0.15) is 0 Å². The summed E-state index contributed by atoms with van der Waals surface area (Å²) in [5.74, 6) is -0.432. The fourth-order valence-corrected chi connectivity index (χ4v) is 3.83. The van der Waals surface area contributed by atoms with Crippen LogP contribution in [-0.4, -0.2) is 20.4 Å². The molecular formula is C20H18N4OS. The Balaban J connectivity index is 1.73. The smallest absolute Gasteiger partial charge is 0.250 e. The van der Waals surface area contributed by atoms with Crippen molar-refractivity contribution in [1.29, 1.82) is 0 Å². The summed E-state index contributed by atoms with van der Waals surface area (Å²) < 4.78 is 1.84. The van der Waals surface area contributed by atoms with Crippen molar-refractivity contribution < 1.29 is 4.79 Å². The highest BCUT2D eigenvalue weighted by Gasteiger charge is 2.16. The van der Waals surface area contributed by atoms with Gasteiger partial charge in [0.1, 0.15) is 0 Å². The van der Waals surface area contributed by atoms with Gasteiger partial charge < -0.3 is 10.3 Å². The fraction of sp³-hybridized carbons (Fsp3) is 0.150. The highest BCUT2D eigenvalue weighted by atomic mass is 32.1. The number of hydrogen-bond donors (Lipinski definition) is 1. The molecule has 0 aliphatic heterocycles. The molecule has 2 aromatic heterocycles. The SMILES string of the molecule is Cc1c(Cc2ccc(-c3cscn3)cc2)cc(C(N)=O)c2c1ncn2C. The number of carbonyl (C=O) groups excluding carboxylic acids is 1. The Labute approximate surface area is 155 Å². The number of hydrogen-bond acceptors (Lipinski definition) is 4. The van der Waals surface area contributed by atoms with Crippen LogP contribution in [0.1, 0.15) is 27.0 Å². The van der Waals surface area contributed by atoms with Crippen LogP contribution >= 0.6 is 11.3 Å². The second-order valence-electron chi connectivity index (χ2n) is 6.37. The molecule has 2 heterocycles. The number of nitrogens with zero attached hydrogens (tertiary/aromatic N) is 3. The molecular weight excluding hydrogens is 344 g/mol. The predicted molar refractivity (Wildman–Crippen MR) is 104 cm³/mol. The van der Waals surface area contributed by atoms with E-state index in [4.69, 9.17) is 5.73 Å². The second-order valence-corrected chi connectivity index (χ2v) is 7.09. The van der Waals surface area contributed by atoms with E-state index >= 15 is 0 Å². The van der Waals surface area contributed by atoms with Crippen molar-refractivity contribution in [2.24, 2.45) is 12.8 Å². The van der Waals surface area contributed by atoms with E-state index in [1.807, 2.05) is 35.5 Å². The minimum Gasteiger partial charge on any atom is -0.366 e. The maximum absolute atomic E-state index is 11.9. The van der Waals surface area contributed by atoms with Crippen molar-refractivity contribution in [3.8, 4) is 11.3 Å². The van der Waals surface area contributed by atoms with Crippen LogP contribution in [0, 0.1) is 6.92 Å². The van der Waals surface area contributed by atoms with Crippen LogP contribution in [0.25, 0.3) is 22.3 Å². The Kier molecular flexibility index (Phi) is 4.05. The Hall–Kier alpha value is -2.99. The van der Waals surface area contributed by atoms with E-state index in [2.05, 4.69) is 34.2 Å². The lowest BCUT2D eigenvalue weighted by atomic mass is 9.95. The topological polar surface area (TPSA) is 73.8 Å². The molecule has 0 atom stereocenters. The lowest BCUT2D eigenvalue weighted by molar-refractivity contribution is 0.100. The predicted octanol–water partition coefficient (Wildman–Crippen LogP) is 3.69. The van der Waals surface area contributed by atoms with Crippen LogP contribution in [0.5, 0.6) is 0 Å². The van der Waals surface area contributed by atoms with Crippen LogP contribution in [0.4, 0.5) is 0 Å². The van der Waals surface area contributed by atoms with Crippen LogP contribution in [-0.2, 0) is 13.5 Å². The molecule has 1 amide bonds. The van der Waals surface area contributed by atoms with Crippen molar-refractivity contribution in [3.05, 3.63) is 69.8 Å². The molecule has 0 fully saturated rings. The summed E-state index contributed by atoms with van der Waals surface area (Å²) in [7, 11) is 1.87. The summed E-state index contributed by atoms with van der Waals surface area (Å²) in [5, 5.41) is 2.04. The molecule has 0 bridgehead atoms. The Morgan fingerprint density at radius 3 is 2.65 bits per heavy atom. The van der Waals surface area contributed by atoms with Gasteiger partial charge in [0.2, 0.25) is 0 Å². The van der Waals surface area contributed by atoms with Crippen molar-refractivity contribution in [3.63, 3.8) is 0 Å². The lowest BCUT2D eigenvalue weighted by Crippen LogP contribution is -2.14. The van der Waals surface area contributed by atoms with Gasteiger partial charge in [0.15, 0.2) is 0 Å². The Bertz CT molecular complexity index is 1100. The largest absolute Gasteiger partial charge is 0.366 e. The van der Waals surface area contributed by atoms with Crippen LogP contribution < -0.4 is 5.73 Å². The Morgan fingerprint density at radius 2 is 2.00 bits per heavy atom. The average Bonchev–Trinajstić information content (AvgIpc) is 3.28. The standard InChI is InChI=1S/C20H18N4OS/c1-12-15(8-16(20(21)25)19-18(12)22-10-24(19)2)7-13-3-5-14(6-4-13)17-9-26-11-23-17/h3-6,8-11H,7H2,1-2H3,(H2,21,25). The molecule has 26 heavy (non-hydrogen) atoms. The number of imidazole rings is 1.